The van der Waals surface area contributed by atoms with Crippen molar-refractivity contribution in [1.29, 1.82) is 0 Å². The topological polar surface area (TPSA) is 84.5 Å². The van der Waals surface area contributed by atoms with E-state index in [9.17, 15) is 14.4 Å². The summed E-state index contributed by atoms with van der Waals surface area (Å²) in [5.41, 5.74) is 2.24. The molecule has 0 aliphatic rings. The van der Waals surface area contributed by atoms with E-state index in [1.165, 1.54) is 6.92 Å². The van der Waals surface area contributed by atoms with Crippen LogP contribution < -0.4 is 10.6 Å². The van der Waals surface area contributed by atoms with Crippen molar-refractivity contribution in [2.75, 3.05) is 6.54 Å². The zero-order valence-corrected chi connectivity index (χ0v) is 12.6. The van der Waals surface area contributed by atoms with Crippen LogP contribution in [0.2, 0.25) is 0 Å². The first kappa shape index (κ1) is 16.7. The number of imide groups is 1. The molecule has 3 amide bonds. The number of esters is 1. The van der Waals surface area contributed by atoms with Gasteiger partial charge in [-0.05, 0) is 39.8 Å². The van der Waals surface area contributed by atoms with Gasteiger partial charge in [0.25, 0.3) is 5.91 Å². The van der Waals surface area contributed by atoms with Crippen LogP contribution in [0.1, 0.15) is 35.3 Å². The molecule has 1 aromatic rings. The lowest BCUT2D eigenvalue weighted by Gasteiger charge is -2.13. The maximum atomic E-state index is 12.0. The average molecular weight is 292 g/mol. The van der Waals surface area contributed by atoms with Gasteiger partial charge in [0.1, 0.15) is 0 Å². The number of aryl methyl sites for hydroxylation is 2. The summed E-state index contributed by atoms with van der Waals surface area (Å²) >= 11 is 0. The Hall–Kier alpha value is -2.37. The van der Waals surface area contributed by atoms with Crippen LogP contribution in [0.5, 0.6) is 0 Å². The molecule has 0 fully saturated rings. The van der Waals surface area contributed by atoms with Crippen LogP contribution >= 0.6 is 0 Å². The van der Waals surface area contributed by atoms with Crippen molar-refractivity contribution in [3.05, 3.63) is 34.9 Å². The largest absolute Gasteiger partial charge is 0.449 e. The minimum absolute atomic E-state index is 0.380. The summed E-state index contributed by atoms with van der Waals surface area (Å²) in [7, 11) is 0. The molecule has 0 aliphatic heterocycles. The van der Waals surface area contributed by atoms with Crippen LogP contribution in [0.3, 0.4) is 0 Å². The second-order valence-electron chi connectivity index (χ2n) is 4.77. The van der Waals surface area contributed by atoms with Crippen LogP contribution in [0.4, 0.5) is 4.79 Å². The number of ether oxygens (including phenoxy) is 1. The van der Waals surface area contributed by atoms with E-state index < -0.39 is 24.0 Å². The van der Waals surface area contributed by atoms with Gasteiger partial charge in [0.05, 0.1) is 5.56 Å². The van der Waals surface area contributed by atoms with Gasteiger partial charge in [-0.3, -0.25) is 10.1 Å². The van der Waals surface area contributed by atoms with E-state index in [2.05, 4.69) is 10.6 Å². The molecule has 6 heteroatoms. The number of rotatable bonds is 4. The molecule has 0 unspecified atom stereocenters. The average Bonchev–Trinajstić information content (AvgIpc) is 2.37. The molecule has 1 rings (SSSR count). The fourth-order valence-electron chi connectivity index (χ4n) is 1.79. The smallest absolute Gasteiger partial charge is 0.338 e. The Labute approximate surface area is 123 Å². The Bertz CT molecular complexity index is 534. The van der Waals surface area contributed by atoms with Crippen LogP contribution in [0.15, 0.2) is 18.2 Å². The molecule has 0 spiro atoms. The van der Waals surface area contributed by atoms with Gasteiger partial charge in [-0.15, -0.1) is 0 Å². The van der Waals surface area contributed by atoms with E-state index in [1.54, 1.807) is 19.1 Å². The molecule has 21 heavy (non-hydrogen) atoms. The highest BCUT2D eigenvalue weighted by atomic mass is 16.5. The molecule has 2 N–H and O–H groups in total. The lowest BCUT2D eigenvalue weighted by Crippen LogP contribution is -2.44. The van der Waals surface area contributed by atoms with Crippen LogP contribution in [-0.4, -0.2) is 30.6 Å². The Morgan fingerprint density at radius 1 is 1.14 bits per heavy atom. The van der Waals surface area contributed by atoms with Gasteiger partial charge in [0, 0.05) is 6.54 Å². The Kier molecular flexibility index (Phi) is 5.90. The second kappa shape index (κ2) is 7.42. The van der Waals surface area contributed by atoms with Gasteiger partial charge in [-0.2, -0.15) is 0 Å². The molecule has 0 aliphatic carbocycles. The molecule has 0 saturated carbocycles. The summed E-state index contributed by atoms with van der Waals surface area (Å²) in [4.78, 5) is 34.9. The first-order valence-electron chi connectivity index (χ1n) is 6.71. The van der Waals surface area contributed by atoms with E-state index in [0.717, 1.165) is 11.1 Å². The molecule has 0 aromatic heterocycles. The Morgan fingerprint density at radius 2 is 1.71 bits per heavy atom. The number of urea groups is 1. The maximum absolute atomic E-state index is 12.0. The van der Waals surface area contributed by atoms with Gasteiger partial charge in [0.15, 0.2) is 6.10 Å². The van der Waals surface area contributed by atoms with Crippen molar-refractivity contribution in [3.63, 3.8) is 0 Å². The van der Waals surface area contributed by atoms with Gasteiger partial charge in [-0.25, -0.2) is 9.59 Å². The van der Waals surface area contributed by atoms with Crippen molar-refractivity contribution in [1.82, 2.24) is 10.6 Å². The lowest BCUT2D eigenvalue weighted by atomic mass is 10.1. The quantitative estimate of drug-likeness (QED) is 0.827. The number of carbonyl (C=O) groups excluding carboxylic acids is 3. The first-order valence-corrected chi connectivity index (χ1v) is 6.71. The monoisotopic (exact) mass is 292 g/mol. The Balaban J connectivity index is 2.65. The van der Waals surface area contributed by atoms with E-state index in [1.807, 2.05) is 19.9 Å². The summed E-state index contributed by atoms with van der Waals surface area (Å²) < 4.78 is 5.06. The van der Waals surface area contributed by atoms with Crippen molar-refractivity contribution in [2.45, 2.75) is 33.8 Å². The zero-order chi connectivity index (χ0) is 16.0. The third-order valence-electron chi connectivity index (χ3n) is 2.68. The highest BCUT2D eigenvalue weighted by Gasteiger charge is 2.20. The highest BCUT2D eigenvalue weighted by molar-refractivity contribution is 5.98. The van der Waals surface area contributed by atoms with Crippen LogP contribution in [0.25, 0.3) is 0 Å². The number of hydrogen-bond donors (Lipinski definition) is 2. The van der Waals surface area contributed by atoms with E-state index in [-0.39, 0.29) is 0 Å². The predicted octanol–water partition coefficient (Wildman–Crippen LogP) is 1.69. The van der Waals surface area contributed by atoms with Gasteiger partial charge < -0.3 is 10.1 Å². The van der Waals surface area contributed by atoms with Crippen molar-refractivity contribution < 1.29 is 19.1 Å². The lowest BCUT2D eigenvalue weighted by molar-refractivity contribution is -0.127. The standard InChI is InChI=1S/C15H20N2O4/c1-5-16-15(20)17-13(18)11(4)21-14(19)12-7-9(2)6-10(3)8-12/h6-8,11H,5H2,1-4H3,(H2,16,17,18,20)/t11-/m0/s1. The van der Waals surface area contributed by atoms with Gasteiger partial charge in [0.2, 0.25) is 0 Å². The van der Waals surface area contributed by atoms with Crippen molar-refractivity contribution >= 4 is 17.9 Å². The molecular formula is C15H20N2O4. The highest BCUT2D eigenvalue weighted by Crippen LogP contribution is 2.11. The van der Waals surface area contributed by atoms with Crippen molar-refractivity contribution in [3.8, 4) is 0 Å². The summed E-state index contributed by atoms with van der Waals surface area (Å²) in [6.45, 7) is 7.28. The summed E-state index contributed by atoms with van der Waals surface area (Å²) in [6, 6.07) is 4.69. The maximum Gasteiger partial charge on any atom is 0.338 e. The van der Waals surface area contributed by atoms with Crippen LogP contribution in [0, 0.1) is 13.8 Å². The SMILES string of the molecule is CCNC(=O)NC(=O)[C@H](C)OC(=O)c1cc(C)cc(C)c1. The van der Waals surface area contributed by atoms with E-state index in [4.69, 9.17) is 4.74 Å². The van der Waals surface area contributed by atoms with Crippen LogP contribution in [-0.2, 0) is 9.53 Å². The number of nitrogens with one attached hydrogen (secondary N) is 2. The molecule has 0 saturated heterocycles. The predicted molar refractivity (Wildman–Crippen MR) is 78.0 cm³/mol. The zero-order valence-electron chi connectivity index (χ0n) is 12.6. The summed E-state index contributed by atoms with van der Waals surface area (Å²) in [5.74, 6) is -1.26. The van der Waals surface area contributed by atoms with Gasteiger partial charge >= 0.3 is 12.0 Å². The van der Waals surface area contributed by atoms with Gasteiger partial charge in [-0.1, -0.05) is 17.2 Å². The fourth-order valence-corrected chi connectivity index (χ4v) is 1.79. The number of carbonyl (C=O) groups is 3. The van der Waals surface area contributed by atoms with E-state index >= 15 is 0 Å². The molecule has 0 radical (unpaired) electrons. The molecule has 0 bridgehead atoms. The minimum atomic E-state index is -1.05. The minimum Gasteiger partial charge on any atom is -0.449 e. The van der Waals surface area contributed by atoms with E-state index in [0.29, 0.717) is 12.1 Å². The second-order valence-corrected chi connectivity index (χ2v) is 4.77. The molecule has 6 nitrogen and oxygen atoms in total. The molecular weight excluding hydrogens is 272 g/mol. The molecule has 114 valence electrons. The number of hydrogen-bond acceptors (Lipinski definition) is 4. The number of benzene rings is 1. The normalized spacial score (nSPS) is 11.4. The molecule has 1 atom stereocenters. The molecule has 1 aromatic carbocycles. The molecule has 0 heterocycles. The third kappa shape index (κ3) is 5.25. The summed E-state index contributed by atoms with van der Waals surface area (Å²) in [6.07, 6.45) is -1.05. The fraction of sp³-hybridized carbons (Fsp3) is 0.400. The van der Waals surface area contributed by atoms with Crippen molar-refractivity contribution in [2.24, 2.45) is 0 Å². The Morgan fingerprint density at radius 3 is 2.24 bits per heavy atom. The third-order valence-corrected chi connectivity index (χ3v) is 2.68. The summed E-state index contributed by atoms with van der Waals surface area (Å²) in [5, 5.41) is 4.51. The first-order chi connectivity index (χ1) is 9.83. The number of amides is 3.